The lowest BCUT2D eigenvalue weighted by Gasteiger charge is -2.21. The first-order chi connectivity index (χ1) is 20.5. The molecule has 1 aliphatic heterocycles. The number of carbonyl (C=O) groups excluding carboxylic acids is 1. The number of rotatable bonds is 7. The van der Waals surface area contributed by atoms with E-state index in [-0.39, 0.29) is 36.6 Å². The quantitative estimate of drug-likeness (QED) is 0.195. The van der Waals surface area contributed by atoms with Crippen molar-refractivity contribution in [3.63, 3.8) is 0 Å². The summed E-state index contributed by atoms with van der Waals surface area (Å²) in [5, 5.41) is 10.4. The van der Waals surface area contributed by atoms with Crippen molar-refractivity contribution in [2.45, 2.75) is 18.4 Å². The lowest BCUT2D eigenvalue weighted by atomic mass is 9.98. The number of H-pyrrole nitrogens is 1. The molecule has 0 saturated heterocycles. The van der Waals surface area contributed by atoms with Crippen LogP contribution in [0.15, 0.2) is 91.0 Å². The SMILES string of the molecule is O=C(O)c1cc2c3c(cc(OCc4ccccc4)c2[nH]1)N(C(=O)OCC1c2ccccc2-c2ccccc21)CC3CCl. The van der Waals surface area contributed by atoms with Gasteiger partial charge in [-0.3, -0.25) is 4.90 Å². The number of aromatic carboxylic acids is 1. The Balaban J connectivity index is 1.22. The second-order valence-electron chi connectivity index (χ2n) is 10.6. The fraction of sp³-hybridized carbons (Fsp3) is 0.176. The van der Waals surface area contributed by atoms with E-state index in [0.717, 1.165) is 33.4 Å². The predicted octanol–water partition coefficient (Wildman–Crippen LogP) is 7.54. The summed E-state index contributed by atoms with van der Waals surface area (Å²) in [5.41, 5.74) is 7.58. The number of ether oxygens (including phenoxy) is 2. The Labute approximate surface area is 247 Å². The molecule has 0 spiro atoms. The highest BCUT2D eigenvalue weighted by atomic mass is 35.5. The summed E-state index contributed by atoms with van der Waals surface area (Å²) in [7, 11) is 0. The van der Waals surface area contributed by atoms with E-state index in [2.05, 4.69) is 29.2 Å². The Kier molecular flexibility index (Phi) is 6.59. The number of benzene rings is 4. The summed E-state index contributed by atoms with van der Waals surface area (Å²) in [6.07, 6.45) is -0.479. The fourth-order valence-corrected chi connectivity index (χ4v) is 6.52. The first kappa shape index (κ1) is 26.2. The van der Waals surface area contributed by atoms with E-state index in [1.165, 1.54) is 0 Å². The number of aromatic nitrogens is 1. The minimum Gasteiger partial charge on any atom is -0.487 e. The molecule has 4 aromatic carbocycles. The maximum Gasteiger partial charge on any atom is 0.414 e. The highest BCUT2D eigenvalue weighted by molar-refractivity contribution is 6.19. The van der Waals surface area contributed by atoms with E-state index in [1.54, 1.807) is 17.0 Å². The number of carboxylic acids is 1. The minimum absolute atomic E-state index is 0.0378. The van der Waals surface area contributed by atoms with Gasteiger partial charge >= 0.3 is 12.1 Å². The molecule has 2 heterocycles. The lowest BCUT2D eigenvalue weighted by molar-refractivity contribution is 0.0691. The molecular weight excluding hydrogens is 552 g/mol. The van der Waals surface area contributed by atoms with Gasteiger partial charge in [0.05, 0.1) is 11.2 Å². The second kappa shape index (κ2) is 10.6. The number of fused-ring (bicyclic) bond motifs is 6. The molecule has 42 heavy (non-hydrogen) atoms. The summed E-state index contributed by atoms with van der Waals surface area (Å²) < 4.78 is 12.2. The topological polar surface area (TPSA) is 91.9 Å². The lowest BCUT2D eigenvalue weighted by Crippen LogP contribution is -2.31. The summed E-state index contributed by atoms with van der Waals surface area (Å²) in [5.74, 6) is -0.644. The number of hydrogen-bond acceptors (Lipinski definition) is 4. The van der Waals surface area contributed by atoms with Crippen LogP contribution >= 0.6 is 11.6 Å². The van der Waals surface area contributed by atoms with Crippen molar-refractivity contribution in [3.8, 4) is 16.9 Å². The highest BCUT2D eigenvalue weighted by Gasteiger charge is 2.37. The number of carboxylic acid groups (broad SMARTS) is 1. The van der Waals surface area contributed by atoms with Crippen LogP contribution in [0.1, 0.15) is 44.6 Å². The molecule has 1 atom stereocenters. The first-order valence-electron chi connectivity index (χ1n) is 13.8. The zero-order chi connectivity index (χ0) is 28.8. The number of anilines is 1. The van der Waals surface area contributed by atoms with Gasteiger partial charge < -0.3 is 19.6 Å². The number of nitrogens with zero attached hydrogens (tertiary/aromatic N) is 1. The summed E-state index contributed by atoms with van der Waals surface area (Å²) in [6.45, 7) is 0.789. The number of aromatic amines is 1. The van der Waals surface area contributed by atoms with Crippen LogP contribution in [0, 0.1) is 0 Å². The average molecular weight is 579 g/mol. The zero-order valence-electron chi connectivity index (χ0n) is 22.5. The van der Waals surface area contributed by atoms with Crippen LogP contribution in [0.25, 0.3) is 22.0 Å². The normalized spacial score (nSPS) is 15.4. The minimum atomic E-state index is -1.08. The van der Waals surface area contributed by atoms with E-state index >= 15 is 0 Å². The molecule has 7 rings (SSSR count). The molecule has 0 bridgehead atoms. The van der Waals surface area contributed by atoms with Crippen LogP contribution in [0.5, 0.6) is 5.75 Å². The molecule has 8 heteroatoms. The van der Waals surface area contributed by atoms with Crippen LogP contribution < -0.4 is 9.64 Å². The van der Waals surface area contributed by atoms with Crippen LogP contribution in [0.2, 0.25) is 0 Å². The Morgan fingerprint density at radius 3 is 2.26 bits per heavy atom. The maximum absolute atomic E-state index is 13.7. The summed E-state index contributed by atoms with van der Waals surface area (Å²) in [4.78, 5) is 30.2. The van der Waals surface area contributed by atoms with Crippen molar-refractivity contribution in [2.75, 3.05) is 23.9 Å². The number of nitrogens with one attached hydrogen (secondary N) is 1. The molecule has 7 nitrogen and oxygen atoms in total. The van der Waals surface area contributed by atoms with E-state index in [4.69, 9.17) is 21.1 Å². The number of carbonyl (C=O) groups is 2. The van der Waals surface area contributed by atoms with Gasteiger partial charge in [0.15, 0.2) is 0 Å². The molecule has 0 saturated carbocycles. The van der Waals surface area contributed by atoms with Crippen molar-refractivity contribution in [3.05, 3.63) is 119 Å². The van der Waals surface area contributed by atoms with E-state index in [9.17, 15) is 14.7 Å². The smallest absolute Gasteiger partial charge is 0.414 e. The monoisotopic (exact) mass is 578 g/mol. The number of alkyl halides is 1. The van der Waals surface area contributed by atoms with Gasteiger partial charge in [0, 0.05) is 35.7 Å². The van der Waals surface area contributed by atoms with Gasteiger partial charge in [-0.2, -0.15) is 0 Å². The van der Waals surface area contributed by atoms with Crippen molar-refractivity contribution in [1.29, 1.82) is 0 Å². The van der Waals surface area contributed by atoms with Gasteiger partial charge in [0.25, 0.3) is 0 Å². The molecule has 0 fully saturated rings. The second-order valence-corrected chi connectivity index (χ2v) is 10.9. The molecular formula is C34H27ClN2O5. The third-order valence-electron chi connectivity index (χ3n) is 8.21. The Bertz CT molecular complexity index is 1790. The summed E-state index contributed by atoms with van der Waals surface area (Å²) in [6, 6.07) is 29.5. The van der Waals surface area contributed by atoms with Gasteiger partial charge in [-0.05, 0) is 39.4 Å². The molecule has 5 aromatic rings. The molecule has 2 N–H and O–H groups in total. The van der Waals surface area contributed by atoms with Gasteiger partial charge in [0.1, 0.15) is 24.7 Å². The fourth-order valence-electron chi connectivity index (χ4n) is 6.27. The largest absolute Gasteiger partial charge is 0.487 e. The van der Waals surface area contributed by atoms with Gasteiger partial charge in [0.2, 0.25) is 0 Å². The van der Waals surface area contributed by atoms with E-state index < -0.39 is 12.1 Å². The molecule has 210 valence electrons. The Morgan fingerprint density at radius 1 is 0.929 bits per heavy atom. The number of halogens is 1. The Hall–Kier alpha value is -4.75. The molecule has 1 amide bonds. The molecule has 1 aliphatic carbocycles. The standard InChI is InChI=1S/C34H27ClN2O5/c35-16-21-17-37(34(40)42-19-27-24-12-6-4-10-22(24)23-11-5-7-13-25(23)27)29-15-30(41-18-20-8-2-1-3-9-20)32-26(31(21)29)14-28(36-32)33(38)39/h1-15,21,27,36H,16-19H2,(H,38,39). The third-order valence-corrected chi connectivity index (χ3v) is 8.58. The van der Waals surface area contributed by atoms with E-state index in [1.807, 2.05) is 54.6 Å². The van der Waals surface area contributed by atoms with Gasteiger partial charge in [-0.1, -0.05) is 78.9 Å². The summed E-state index contributed by atoms with van der Waals surface area (Å²) >= 11 is 6.41. The molecule has 0 radical (unpaired) electrons. The Morgan fingerprint density at radius 2 is 1.60 bits per heavy atom. The average Bonchev–Trinajstić information content (AvgIpc) is 3.71. The highest BCUT2D eigenvalue weighted by Crippen LogP contribution is 2.47. The number of amides is 1. The number of hydrogen-bond donors (Lipinski definition) is 2. The van der Waals surface area contributed by atoms with Gasteiger partial charge in [-0.15, -0.1) is 11.6 Å². The molecule has 1 unspecified atom stereocenters. The van der Waals surface area contributed by atoms with Crippen molar-refractivity contribution < 1.29 is 24.2 Å². The zero-order valence-corrected chi connectivity index (χ0v) is 23.3. The molecule has 1 aromatic heterocycles. The predicted molar refractivity (Wildman–Crippen MR) is 162 cm³/mol. The van der Waals surface area contributed by atoms with Crippen molar-refractivity contribution in [2.24, 2.45) is 0 Å². The molecule has 2 aliphatic rings. The van der Waals surface area contributed by atoms with Crippen LogP contribution in [-0.2, 0) is 11.3 Å². The van der Waals surface area contributed by atoms with Crippen molar-refractivity contribution in [1.82, 2.24) is 4.98 Å². The van der Waals surface area contributed by atoms with E-state index in [0.29, 0.717) is 28.9 Å². The third kappa shape index (κ3) is 4.37. The van der Waals surface area contributed by atoms with Crippen LogP contribution in [0.4, 0.5) is 10.5 Å². The maximum atomic E-state index is 13.7. The van der Waals surface area contributed by atoms with Gasteiger partial charge in [-0.25, -0.2) is 9.59 Å². The van der Waals surface area contributed by atoms with Crippen molar-refractivity contribution >= 4 is 40.3 Å². The first-order valence-corrected chi connectivity index (χ1v) is 14.3. The van der Waals surface area contributed by atoms with Crippen LogP contribution in [0.3, 0.4) is 0 Å². The van der Waals surface area contributed by atoms with Crippen LogP contribution in [-0.4, -0.2) is 41.2 Å².